The summed E-state index contributed by atoms with van der Waals surface area (Å²) >= 11 is 6.42. The fraction of sp³-hybridized carbons (Fsp3) is 0.148. The number of hydrogen-bond acceptors (Lipinski definition) is 5. The number of halogens is 1. The average Bonchev–Trinajstić information content (AvgIpc) is 2.86. The quantitative estimate of drug-likeness (QED) is 0.292. The number of amides is 1. The number of aromatic carboxylic acids is 1. The van der Waals surface area contributed by atoms with Crippen LogP contribution in [0.15, 0.2) is 66.2 Å². The maximum absolute atomic E-state index is 12.6. The molecule has 0 aliphatic carbocycles. The standard InChI is InChI=1S/C27H23ClN2O5/c1-3-17-6-10-22(11-7-17)30-26(31)21(15-29)12-19-13-23(28)25(24(14-19)34-2)35-16-18-4-8-20(9-5-18)27(32)33/h4-14H,3,16H2,1-2H3,(H,30,31)(H,32,33)/b21-12+. The Morgan fingerprint density at radius 2 is 1.74 bits per heavy atom. The Morgan fingerprint density at radius 3 is 2.31 bits per heavy atom. The van der Waals surface area contributed by atoms with E-state index in [1.165, 1.54) is 25.3 Å². The van der Waals surface area contributed by atoms with Gasteiger partial charge in [-0.15, -0.1) is 0 Å². The van der Waals surface area contributed by atoms with E-state index in [2.05, 4.69) is 5.32 Å². The molecule has 1 amide bonds. The van der Waals surface area contributed by atoms with Gasteiger partial charge in [-0.05, 0) is 65.6 Å². The largest absolute Gasteiger partial charge is 0.493 e. The Balaban J connectivity index is 1.77. The highest BCUT2D eigenvalue weighted by Crippen LogP contribution is 2.37. The molecule has 0 atom stereocenters. The number of carbonyl (C=O) groups excluding carboxylic acids is 1. The summed E-state index contributed by atoms with van der Waals surface area (Å²) in [5.74, 6) is -0.950. The number of nitrogens with zero attached hydrogens (tertiary/aromatic N) is 1. The molecule has 0 aliphatic rings. The summed E-state index contributed by atoms with van der Waals surface area (Å²) in [6.45, 7) is 2.17. The van der Waals surface area contributed by atoms with Crippen LogP contribution in [0.5, 0.6) is 11.5 Å². The van der Waals surface area contributed by atoms with Gasteiger partial charge >= 0.3 is 5.97 Å². The summed E-state index contributed by atoms with van der Waals surface area (Å²) in [6.07, 6.45) is 2.30. The Kier molecular flexibility index (Phi) is 8.49. The first-order valence-corrected chi connectivity index (χ1v) is 11.1. The number of carboxylic acid groups (broad SMARTS) is 1. The van der Waals surface area contributed by atoms with Crippen LogP contribution in [-0.4, -0.2) is 24.1 Å². The summed E-state index contributed by atoms with van der Waals surface area (Å²) in [5, 5.41) is 21.5. The summed E-state index contributed by atoms with van der Waals surface area (Å²) in [4.78, 5) is 23.6. The third-order valence-corrected chi connectivity index (χ3v) is 5.41. The van der Waals surface area contributed by atoms with Gasteiger partial charge in [0, 0.05) is 5.69 Å². The minimum absolute atomic E-state index is 0.102. The molecule has 8 heteroatoms. The first kappa shape index (κ1) is 25.3. The molecular formula is C27H23ClN2O5. The van der Waals surface area contributed by atoms with E-state index in [1.807, 2.05) is 25.1 Å². The molecule has 2 N–H and O–H groups in total. The van der Waals surface area contributed by atoms with Crippen molar-refractivity contribution in [2.24, 2.45) is 0 Å². The van der Waals surface area contributed by atoms with Gasteiger partial charge in [-0.25, -0.2) is 4.79 Å². The van der Waals surface area contributed by atoms with Gasteiger partial charge in [0.25, 0.3) is 5.91 Å². The fourth-order valence-corrected chi connectivity index (χ4v) is 3.47. The molecule has 0 bridgehead atoms. The van der Waals surface area contributed by atoms with Gasteiger partial charge in [0.05, 0.1) is 17.7 Å². The average molecular weight is 491 g/mol. The van der Waals surface area contributed by atoms with Crippen LogP contribution in [0.25, 0.3) is 6.08 Å². The lowest BCUT2D eigenvalue weighted by Crippen LogP contribution is -2.13. The molecule has 0 radical (unpaired) electrons. The molecule has 0 unspecified atom stereocenters. The SMILES string of the molecule is CCc1ccc(NC(=O)/C(C#N)=C/c2cc(Cl)c(OCc3ccc(C(=O)O)cc3)c(OC)c2)cc1. The van der Waals surface area contributed by atoms with Crippen LogP contribution in [-0.2, 0) is 17.8 Å². The van der Waals surface area contributed by atoms with Crippen molar-refractivity contribution in [1.29, 1.82) is 5.26 Å². The number of benzene rings is 3. The van der Waals surface area contributed by atoms with E-state index in [-0.39, 0.29) is 28.5 Å². The van der Waals surface area contributed by atoms with Crippen molar-refractivity contribution < 1.29 is 24.2 Å². The first-order valence-electron chi connectivity index (χ1n) is 10.7. The molecular weight excluding hydrogens is 468 g/mol. The molecule has 0 heterocycles. The highest BCUT2D eigenvalue weighted by Gasteiger charge is 2.15. The Morgan fingerprint density at radius 1 is 1.09 bits per heavy atom. The smallest absolute Gasteiger partial charge is 0.335 e. The molecule has 0 saturated carbocycles. The van der Waals surface area contributed by atoms with Crippen LogP contribution in [0.2, 0.25) is 5.02 Å². The number of carbonyl (C=O) groups is 2. The van der Waals surface area contributed by atoms with E-state index >= 15 is 0 Å². The van der Waals surface area contributed by atoms with Gasteiger partial charge in [-0.3, -0.25) is 4.79 Å². The molecule has 3 aromatic rings. The molecule has 0 saturated heterocycles. The number of nitriles is 1. The van der Waals surface area contributed by atoms with E-state index in [0.717, 1.165) is 17.5 Å². The minimum Gasteiger partial charge on any atom is -0.493 e. The van der Waals surface area contributed by atoms with E-state index in [1.54, 1.807) is 36.4 Å². The van der Waals surface area contributed by atoms with Crippen molar-refractivity contribution in [3.8, 4) is 17.6 Å². The molecule has 0 fully saturated rings. The number of nitrogens with one attached hydrogen (secondary N) is 1. The number of anilines is 1. The topological polar surface area (TPSA) is 109 Å². The highest BCUT2D eigenvalue weighted by atomic mass is 35.5. The lowest BCUT2D eigenvalue weighted by atomic mass is 10.1. The maximum atomic E-state index is 12.6. The van der Waals surface area contributed by atoms with Crippen LogP contribution < -0.4 is 14.8 Å². The van der Waals surface area contributed by atoms with Crippen molar-refractivity contribution in [3.63, 3.8) is 0 Å². The van der Waals surface area contributed by atoms with Crippen molar-refractivity contribution in [2.45, 2.75) is 20.0 Å². The first-order chi connectivity index (χ1) is 16.8. The molecule has 0 aliphatic heterocycles. The number of aryl methyl sites for hydroxylation is 1. The second-order valence-electron chi connectivity index (χ2n) is 7.50. The predicted octanol–water partition coefficient (Wildman–Crippen LogP) is 5.73. The Hall–Kier alpha value is -4.28. The van der Waals surface area contributed by atoms with Gasteiger partial charge in [0.15, 0.2) is 11.5 Å². The van der Waals surface area contributed by atoms with E-state index in [9.17, 15) is 14.9 Å². The second kappa shape index (κ2) is 11.7. The van der Waals surface area contributed by atoms with Crippen LogP contribution in [0.4, 0.5) is 5.69 Å². The van der Waals surface area contributed by atoms with Gasteiger partial charge < -0.3 is 19.9 Å². The summed E-state index contributed by atoms with van der Waals surface area (Å²) in [6, 6.07) is 18.7. The van der Waals surface area contributed by atoms with Crippen LogP contribution >= 0.6 is 11.6 Å². The summed E-state index contributed by atoms with van der Waals surface area (Å²) < 4.78 is 11.2. The van der Waals surface area contributed by atoms with E-state index in [0.29, 0.717) is 17.0 Å². The second-order valence-corrected chi connectivity index (χ2v) is 7.91. The zero-order chi connectivity index (χ0) is 25.4. The van der Waals surface area contributed by atoms with Crippen LogP contribution in [0.3, 0.4) is 0 Å². The highest BCUT2D eigenvalue weighted by molar-refractivity contribution is 6.32. The van der Waals surface area contributed by atoms with Gasteiger partial charge in [-0.2, -0.15) is 5.26 Å². The maximum Gasteiger partial charge on any atom is 0.335 e. The molecule has 0 spiro atoms. The molecule has 0 aromatic heterocycles. The molecule has 178 valence electrons. The van der Waals surface area contributed by atoms with Crippen molar-refractivity contribution in [1.82, 2.24) is 0 Å². The van der Waals surface area contributed by atoms with Crippen LogP contribution in [0, 0.1) is 11.3 Å². The number of ether oxygens (including phenoxy) is 2. The molecule has 35 heavy (non-hydrogen) atoms. The molecule has 7 nitrogen and oxygen atoms in total. The summed E-state index contributed by atoms with van der Waals surface area (Å²) in [7, 11) is 1.45. The van der Waals surface area contributed by atoms with Crippen molar-refractivity contribution in [2.75, 3.05) is 12.4 Å². The Labute approximate surface area is 208 Å². The monoisotopic (exact) mass is 490 g/mol. The third kappa shape index (κ3) is 6.62. The van der Waals surface area contributed by atoms with E-state index < -0.39 is 11.9 Å². The minimum atomic E-state index is -1.01. The normalized spacial score (nSPS) is 10.9. The van der Waals surface area contributed by atoms with Crippen molar-refractivity contribution in [3.05, 3.63) is 93.5 Å². The zero-order valence-corrected chi connectivity index (χ0v) is 19.9. The number of methoxy groups -OCH3 is 1. The number of rotatable bonds is 9. The zero-order valence-electron chi connectivity index (χ0n) is 19.2. The lowest BCUT2D eigenvalue weighted by Gasteiger charge is -2.14. The number of hydrogen-bond donors (Lipinski definition) is 2. The van der Waals surface area contributed by atoms with Gasteiger partial charge in [-0.1, -0.05) is 42.8 Å². The summed E-state index contributed by atoms with van der Waals surface area (Å²) in [5.41, 5.74) is 3.03. The fourth-order valence-electron chi connectivity index (χ4n) is 3.20. The number of carboxylic acids is 1. The van der Waals surface area contributed by atoms with Crippen molar-refractivity contribution >= 4 is 35.2 Å². The van der Waals surface area contributed by atoms with Gasteiger partial charge in [0.2, 0.25) is 0 Å². The van der Waals surface area contributed by atoms with Crippen LogP contribution in [0.1, 0.15) is 34.0 Å². The predicted molar refractivity (Wildman–Crippen MR) is 134 cm³/mol. The molecule has 3 aromatic carbocycles. The lowest BCUT2D eigenvalue weighted by molar-refractivity contribution is -0.112. The Bertz CT molecular complexity index is 1290. The van der Waals surface area contributed by atoms with Gasteiger partial charge in [0.1, 0.15) is 18.2 Å². The van der Waals surface area contributed by atoms with E-state index in [4.69, 9.17) is 26.2 Å². The molecule has 3 rings (SSSR count). The third-order valence-electron chi connectivity index (χ3n) is 5.13.